The molecule has 0 aliphatic carbocycles. The van der Waals surface area contributed by atoms with Gasteiger partial charge in [0, 0.05) is 13.0 Å². The molecule has 5 nitrogen and oxygen atoms in total. The maximum Gasteiger partial charge on any atom is 0.315 e. The lowest BCUT2D eigenvalue weighted by atomic mass is 10.1. The minimum atomic E-state index is -0.804. The summed E-state index contributed by atoms with van der Waals surface area (Å²) < 4.78 is 0. The fourth-order valence-electron chi connectivity index (χ4n) is 1.68. The van der Waals surface area contributed by atoms with Crippen LogP contribution in [0.4, 0.5) is 4.79 Å². The summed E-state index contributed by atoms with van der Waals surface area (Å²) in [4.78, 5) is 21.9. The lowest BCUT2D eigenvalue weighted by Gasteiger charge is -2.14. The summed E-state index contributed by atoms with van der Waals surface area (Å²) in [6.45, 7) is 2.40. The molecule has 0 heterocycles. The molecule has 0 aromatic heterocycles. The first-order valence-electron chi connectivity index (χ1n) is 6.40. The van der Waals surface area contributed by atoms with Crippen molar-refractivity contribution in [1.82, 2.24) is 10.6 Å². The Bertz CT molecular complexity index is 406. The summed E-state index contributed by atoms with van der Waals surface area (Å²) in [5.41, 5.74) is 1.04. The molecular formula is C14H20N2O3. The molecule has 1 atom stereocenters. The lowest BCUT2D eigenvalue weighted by Crippen LogP contribution is -2.37. The van der Waals surface area contributed by atoms with Crippen molar-refractivity contribution < 1.29 is 14.7 Å². The molecule has 0 bridgehead atoms. The van der Waals surface area contributed by atoms with E-state index in [1.165, 1.54) is 0 Å². The van der Waals surface area contributed by atoms with E-state index in [1.54, 1.807) is 0 Å². The Morgan fingerprint density at radius 3 is 2.53 bits per heavy atom. The van der Waals surface area contributed by atoms with Crippen molar-refractivity contribution in [2.24, 2.45) is 0 Å². The van der Waals surface area contributed by atoms with Gasteiger partial charge >= 0.3 is 12.0 Å². The molecule has 5 heteroatoms. The van der Waals surface area contributed by atoms with Crippen LogP contribution < -0.4 is 10.6 Å². The van der Waals surface area contributed by atoms with Crippen LogP contribution in [-0.2, 0) is 4.79 Å². The number of nitrogens with one attached hydrogen (secondary N) is 2. The first kappa shape index (κ1) is 15.0. The van der Waals surface area contributed by atoms with Gasteiger partial charge < -0.3 is 15.7 Å². The first-order chi connectivity index (χ1) is 9.09. The number of unbranched alkanes of at least 4 members (excludes halogenated alkanes) is 1. The second-order valence-corrected chi connectivity index (χ2v) is 4.38. The van der Waals surface area contributed by atoms with E-state index in [2.05, 4.69) is 10.6 Å². The molecule has 2 amide bonds. The minimum Gasteiger partial charge on any atom is -0.481 e. The summed E-state index contributed by atoms with van der Waals surface area (Å²) in [5, 5.41) is 14.0. The van der Waals surface area contributed by atoms with Crippen LogP contribution in [0.25, 0.3) is 0 Å². The highest BCUT2D eigenvalue weighted by molar-refractivity contribution is 5.74. The molecule has 0 saturated carbocycles. The number of carbonyl (C=O) groups excluding carboxylic acids is 1. The van der Waals surface area contributed by atoms with Crippen molar-refractivity contribution in [3.05, 3.63) is 35.9 Å². The van der Waals surface area contributed by atoms with Crippen LogP contribution in [0.2, 0.25) is 0 Å². The van der Waals surface area contributed by atoms with Crippen LogP contribution in [0.5, 0.6) is 0 Å². The molecule has 0 fully saturated rings. The molecule has 1 aromatic rings. The van der Waals surface area contributed by atoms with Crippen molar-refractivity contribution in [2.75, 3.05) is 6.54 Å². The van der Waals surface area contributed by atoms with Crippen LogP contribution >= 0.6 is 0 Å². The second-order valence-electron chi connectivity index (χ2n) is 4.38. The molecule has 0 spiro atoms. The van der Waals surface area contributed by atoms with E-state index in [-0.39, 0.29) is 18.5 Å². The maximum atomic E-state index is 11.6. The molecule has 104 valence electrons. The number of carbonyl (C=O) groups is 2. The van der Waals surface area contributed by atoms with Crippen LogP contribution in [0, 0.1) is 0 Å². The van der Waals surface area contributed by atoms with Gasteiger partial charge in [0.25, 0.3) is 0 Å². The van der Waals surface area contributed by atoms with E-state index in [4.69, 9.17) is 5.11 Å². The predicted octanol–water partition coefficient (Wildman–Crippen LogP) is 2.30. The topological polar surface area (TPSA) is 78.4 Å². The van der Waals surface area contributed by atoms with Crippen molar-refractivity contribution in [1.29, 1.82) is 0 Å². The Labute approximate surface area is 113 Å². The summed E-state index contributed by atoms with van der Waals surface area (Å²) in [6, 6.07) is 9.41. The van der Waals surface area contributed by atoms with Gasteiger partial charge in [0.1, 0.15) is 0 Å². The molecule has 1 rings (SSSR count). The van der Waals surface area contributed by atoms with Gasteiger partial charge in [-0.2, -0.15) is 0 Å². The Hall–Kier alpha value is -2.04. The molecule has 0 aliphatic rings. The summed E-state index contributed by atoms with van der Waals surface area (Å²) in [6.07, 6.45) is 1.38. The van der Waals surface area contributed by atoms with Crippen LogP contribution in [-0.4, -0.2) is 23.7 Å². The predicted molar refractivity (Wildman–Crippen MR) is 72.9 cm³/mol. The number of aliphatic carboxylic acids is 1. The zero-order chi connectivity index (χ0) is 14.1. The monoisotopic (exact) mass is 264 g/mol. The quantitative estimate of drug-likeness (QED) is 0.661. The first-order valence-corrected chi connectivity index (χ1v) is 6.40. The molecule has 1 unspecified atom stereocenters. The SMILES string of the molecule is CC(NC(=O)NCCCCC(=O)O)c1ccccc1. The van der Waals surface area contributed by atoms with Crippen molar-refractivity contribution in [2.45, 2.75) is 32.2 Å². The summed E-state index contributed by atoms with van der Waals surface area (Å²) >= 11 is 0. The smallest absolute Gasteiger partial charge is 0.315 e. The van der Waals surface area contributed by atoms with E-state index in [1.807, 2.05) is 37.3 Å². The Morgan fingerprint density at radius 2 is 1.89 bits per heavy atom. The molecular weight excluding hydrogens is 244 g/mol. The van der Waals surface area contributed by atoms with Crippen LogP contribution in [0.1, 0.15) is 37.8 Å². The minimum absolute atomic E-state index is 0.0554. The normalized spacial score (nSPS) is 11.6. The number of urea groups is 1. The zero-order valence-electron chi connectivity index (χ0n) is 11.1. The van der Waals surface area contributed by atoms with Crippen LogP contribution in [0.15, 0.2) is 30.3 Å². The van der Waals surface area contributed by atoms with Gasteiger partial charge in [-0.1, -0.05) is 30.3 Å². The highest BCUT2D eigenvalue weighted by Crippen LogP contribution is 2.10. The van der Waals surface area contributed by atoms with Gasteiger partial charge in [-0.25, -0.2) is 4.79 Å². The van der Waals surface area contributed by atoms with E-state index in [9.17, 15) is 9.59 Å². The van der Waals surface area contributed by atoms with Gasteiger partial charge in [0.05, 0.1) is 6.04 Å². The Kier molecular flexibility index (Phi) is 6.43. The highest BCUT2D eigenvalue weighted by Gasteiger charge is 2.08. The van der Waals surface area contributed by atoms with Gasteiger partial charge in [-0.05, 0) is 25.3 Å². The summed E-state index contributed by atoms with van der Waals surface area (Å²) in [5.74, 6) is -0.804. The second kappa shape index (κ2) is 8.13. The highest BCUT2D eigenvalue weighted by atomic mass is 16.4. The standard InChI is InChI=1S/C14H20N2O3/c1-11(12-7-3-2-4-8-12)16-14(19)15-10-6-5-9-13(17)18/h2-4,7-8,11H,5-6,9-10H2,1H3,(H,17,18)(H2,15,16,19). The van der Waals surface area contributed by atoms with Gasteiger partial charge in [0.15, 0.2) is 0 Å². The van der Waals surface area contributed by atoms with Crippen molar-refractivity contribution in [3.63, 3.8) is 0 Å². The third kappa shape index (κ3) is 6.45. The van der Waals surface area contributed by atoms with Gasteiger partial charge in [0.2, 0.25) is 0 Å². The van der Waals surface area contributed by atoms with Gasteiger partial charge in [-0.15, -0.1) is 0 Å². The number of benzene rings is 1. The molecule has 3 N–H and O–H groups in total. The average molecular weight is 264 g/mol. The lowest BCUT2D eigenvalue weighted by molar-refractivity contribution is -0.137. The number of amides is 2. The van der Waals surface area contributed by atoms with E-state index < -0.39 is 5.97 Å². The number of carboxylic acids is 1. The largest absolute Gasteiger partial charge is 0.481 e. The number of hydrogen-bond acceptors (Lipinski definition) is 2. The zero-order valence-corrected chi connectivity index (χ0v) is 11.1. The van der Waals surface area contributed by atoms with Crippen LogP contribution in [0.3, 0.4) is 0 Å². The maximum absolute atomic E-state index is 11.6. The summed E-state index contributed by atoms with van der Waals surface area (Å²) in [7, 11) is 0. The van der Waals surface area contributed by atoms with E-state index >= 15 is 0 Å². The Morgan fingerprint density at radius 1 is 1.21 bits per heavy atom. The molecule has 0 radical (unpaired) electrons. The fraction of sp³-hybridized carbons (Fsp3) is 0.429. The molecule has 0 saturated heterocycles. The Balaban J connectivity index is 2.19. The number of rotatable bonds is 7. The fourth-order valence-corrected chi connectivity index (χ4v) is 1.68. The molecule has 19 heavy (non-hydrogen) atoms. The van der Waals surface area contributed by atoms with E-state index in [0.29, 0.717) is 19.4 Å². The number of hydrogen-bond donors (Lipinski definition) is 3. The number of carboxylic acid groups (broad SMARTS) is 1. The third-order valence-corrected chi connectivity index (χ3v) is 2.75. The van der Waals surface area contributed by atoms with Gasteiger partial charge in [-0.3, -0.25) is 4.79 Å². The van der Waals surface area contributed by atoms with Crippen molar-refractivity contribution in [3.8, 4) is 0 Å². The average Bonchev–Trinajstić information content (AvgIpc) is 2.39. The van der Waals surface area contributed by atoms with Crippen molar-refractivity contribution >= 4 is 12.0 Å². The molecule has 0 aliphatic heterocycles. The molecule has 1 aromatic carbocycles. The third-order valence-electron chi connectivity index (χ3n) is 2.75. The van der Waals surface area contributed by atoms with E-state index in [0.717, 1.165) is 5.56 Å².